The molecular weight excluding hydrogens is 333 g/mol. The summed E-state index contributed by atoms with van der Waals surface area (Å²) in [6.45, 7) is 23.8. The van der Waals surface area contributed by atoms with Crippen LogP contribution < -0.4 is 154 Å². The molecule has 0 unspecified atom stereocenters. The van der Waals surface area contributed by atoms with Gasteiger partial charge in [0, 0.05) is 0 Å². The number of nitroso groups, excluding NO2 is 1. The van der Waals surface area contributed by atoms with Crippen molar-refractivity contribution in [2.75, 3.05) is 0 Å². The molecule has 0 aromatic heterocycles. The van der Waals surface area contributed by atoms with Gasteiger partial charge in [-0.3, -0.25) is 0 Å². The molecule has 1 radical (unpaired) electrons. The van der Waals surface area contributed by atoms with Crippen molar-refractivity contribution in [3.63, 3.8) is 0 Å². The Morgan fingerprint density at radius 1 is 0.500 bits per heavy atom. The van der Waals surface area contributed by atoms with Gasteiger partial charge in [0.25, 0.3) is 0 Å². The summed E-state index contributed by atoms with van der Waals surface area (Å²) in [7, 11) is 0. The van der Waals surface area contributed by atoms with E-state index < -0.39 is 0 Å². The fourth-order valence-electron chi connectivity index (χ4n) is 0. The molecule has 0 aromatic carbocycles. The summed E-state index contributed by atoms with van der Waals surface area (Å²) in [5.41, 5.74) is 5.75. The Kier molecular flexibility index (Phi) is 3790. The van der Waals surface area contributed by atoms with Crippen LogP contribution in [0.2, 0.25) is 0 Å². The molecule has 0 heterocycles. The average Bonchev–Trinajstić information content (AvgIpc) is 2.33. The zero-order chi connectivity index (χ0) is 12.0. The maximum atomic E-state index is 7.25. The first-order valence-electron chi connectivity index (χ1n) is 1.30. The molecule has 0 aliphatic rings. The standard InChI is InChI=1S/5CN.Fe.3K.NO/c5*1-2;;;;;1-2/q5*-1;+3;3*+1;-1. The second-order valence-electron chi connectivity index (χ2n) is 0. The van der Waals surface area contributed by atoms with Crippen molar-refractivity contribution < 1.29 is 171 Å². The molecule has 16 heavy (non-hydrogen) atoms. The maximum absolute atomic E-state index is 7.25. The minimum atomic E-state index is 0. The molecule has 0 aliphatic heterocycles. The maximum Gasteiger partial charge on any atom is 3.00 e. The third-order valence-corrected chi connectivity index (χ3v) is 0. The molecule has 0 saturated heterocycles. The normalized spacial score (nSPS) is 0.875. The van der Waals surface area contributed by atoms with Crippen molar-refractivity contribution in [2.24, 2.45) is 0 Å². The summed E-state index contributed by atoms with van der Waals surface area (Å²) in [6, 6.07) is 0. The summed E-state index contributed by atoms with van der Waals surface area (Å²) in [5, 5.41) is 31.2. The van der Waals surface area contributed by atoms with Crippen LogP contribution >= 0.6 is 0 Å². The minimum Gasteiger partial charge on any atom is -0.577 e. The molecule has 67 valence electrons. The summed E-state index contributed by atoms with van der Waals surface area (Å²) in [5.74, 6) is 0. The van der Waals surface area contributed by atoms with Crippen molar-refractivity contribution in [3.05, 3.63) is 43.4 Å². The Balaban J connectivity index is -0.00000000321. The molecule has 0 saturated carbocycles. The Labute approximate surface area is 234 Å². The number of hydrogen-bond acceptors (Lipinski definition) is 6. The van der Waals surface area contributed by atoms with E-state index in [1.54, 1.807) is 0 Å². The van der Waals surface area contributed by atoms with Gasteiger partial charge in [-0.25, -0.2) is 0 Å². The fourth-order valence-corrected chi connectivity index (χ4v) is 0. The van der Waals surface area contributed by atoms with E-state index in [0.29, 0.717) is 0 Å². The molecule has 0 N–H and O–H groups in total. The van der Waals surface area contributed by atoms with Crippen molar-refractivity contribution in [1.29, 1.82) is 26.3 Å². The van der Waals surface area contributed by atoms with E-state index >= 15 is 0 Å². The van der Waals surface area contributed by atoms with Crippen LogP contribution in [-0.2, 0) is 17.1 Å². The van der Waals surface area contributed by atoms with Crippen LogP contribution in [0.5, 0.6) is 0 Å². The van der Waals surface area contributed by atoms with E-state index in [9.17, 15) is 0 Å². The molecule has 11 heteroatoms. The summed E-state index contributed by atoms with van der Waals surface area (Å²) in [6.07, 6.45) is 0. The Morgan fingerprint density at radius 3 is 0.500 bits per heavy atom. The number of rotatable bonds is 0. The molecule has 0 amide bonds. The van der Waals surface area contributed by atoms with E-state index in [0.717, 1.165) is 0 Å². The molecule has 0 aromatic rings. The first kappa shape index (κ1) is 78.5. The van der Waals surface area contributed by atoms with Gasteiger partial charge in [0.1, 0.15) is 0 Å². The Morgan fingerprint density at radius 2 is 0.500 bits per heavy atom. The fraction of sp³-hybridized carbons (Fsp3) is 0. The van der Waals surface area contributed by atoms with Crippen LogP contribution in [0.1, 0.15) is 0 Å². The monoisotopic (exact) mass is 333 g/mol. The molecular formula is C5FeK3N6O. The molecule has 0 atom stereocenters. The quantitative estimate of drug-likeness (QED) is 0.316. The second-order valence-corrected chi connectivity index (χ2v) is 0. The van der Waals surface area contributed by atoms with Crippen LogP contribution in [-0.4, -0.2) is 0 Å². The van der Waals surface area contributed by atoms with Gasteiger partial charge in [-0.2, -0.15) is 0 Å². The van der Waals surface area contributed by atoms with E-state index in [2.05, 4.69) is 0 Å². The first-order valence-corrected chi connectivity index (χ1v) is 1.30. The van der Waals surface area contributed by atoms with E-state index in [4.69, 9.17) is 69.7 Å². The van der Waals surface area contributed by atoms with Gasteiger partial charge in [-0.05, 0) is 0 Å². The average molecular weight is 333 g/mol. The summed E-state index contributed by atoms with van der Waals surface area (Å²) < 4.78 is 0. The van der Waals surface area contributed by atoms with E-state index in [-0.39, 0.29) is 171 Å². The number of nitrogens with zero attached hydrogens (tertiary/aromatic N) is 6. The van der Waals surface area contributed by atoms with Gasteiger partial charge in [0.05, 0.1) is 0 Å². The van der Waals surface area contributed by atoms with Crippen molar-refractivity contribution >= 4 is 0 Å². The van der Waals surface area contributed by atoms with Gasteiger partial charge in [0.2, 0.25) is 0 Å². The van der Waals surface area contributed by atoms with Gasteiger partial charge in [0.15, 0.2) is 0 Å². The summed E-state index contributed by atoms with van der Waals surface area (Å²) >= 11 is 0. The predicted molar refractivity (Wildman–Crippen MR) is 31.6 cm³/mol. The third kappa shape index (κ3) is 643. The molecule has 0 bridgehead atoms. The van der Waals surface area contributed by atoms with Gasteiger partial charge < -0.3 is 69.7 Å². The second kappa shape index (κ2) is 773. The first-order chi connectivity index (χ1) is 6.00. The van der Waals surface area contributed by atoms with E-state index in [1.165, 1.54) is 0 Å². The van der Waals surface area contributed by atoms with Crippen LogP contribution in [0.15, 0.2) is 0 Å². The zero-order valence-corrected chi connectivity index (χ0v) is 19.4. The minimum absolute atomic E-state index is 0. The van der Waals surface area contributed by atoms with Gasteiger partial charge >= 0.3 is 171 Å². The third-order valence-electron chi connectivity index (χ3n) is 0. The predicted octanol–water partition coefficient (Wildman–Crippen LogP) is -8.19. The Bertz CT molecular complexity index is 102. The molecule has 0 spiro atoms. The molecule has 0 fully saturated rings. The molecule has 0 rings (SSSR count). The van der Waals surface area contributed by atoms with Crippen LogP contribution in [0.3, 0.4) is 0 Å². The van der Waals surface area contributed by atoms with Crippen LogP contribution in [0, 0.1) is 64.1 Å². The van der Waals surface area contributed by atoms with E-state index in [1.807, 2.05) is 0 Å². The number of hydrogen-bond donors (Lipinski definition) is 0. The van der Waals surface area contributed by atoms with Crippen molar-refractivity contribution in [3.8, 4) is 0 Å². The Hall–Kier alpha value is 2.48. The summed E-state index contributed by atoms with van der Waals surface area (Å²) in [4.78, 5) is 7.25. The van der Waals surface area contributed by atoms with Crippen LogP contribution in [0.25, 0.3) is 5.59 Å². The smallest absolute Gasteiger partial charge is 0.577 e. The van der Waals surface area contributed by atoms with Gasteiger partial charge in [-0.15, -0.1) is 0 Å². The van der Waals surface area contributed by atoms with Crippen molar-refractivity contribution in [1.82, 2.24) is 0 Å². The zero-order valence-electron chi connectivity index (χ0n) is 8.95. The molecule has 7 nitrogen and oxygen atoms in total. The topological polar surface area (TPSA) is 158 Å². The SMILES string of the molecule is [C-]#N.[C-]#N.[C-]#N.[C-]#N.[C-]#N.[Fe+3].[K+].[K+].[K+].[N-]=O. The largest absolute Gasteiger partial charge is 3.00 e. The van der Waals surface area contributed by atoms with Gasteiger partial charge in [-0.1, -0.05) is 0 Å². The van der Waals surface area contributed by atoms with Crippen LogP contribution in [0.4, 0.5) is 0 Å². The van der Waals surface area contributed by atoms with Crippen molar-refractivity contribution in [2.45, 2.75) is 0 Å². The molecule has 0 aliphatic carbocycles.